The summed E-state index contributed by atoms with van der Waals surface area (Å²) in [5.41, 5.74) is 4.86. The third-order valence-electron chi connectivity index (χ3n) is 6.87. The molecule has 0 spiro atoms. The number of benzene rings is 2. The Balaban J connectivity index is 1.65. The first-order chi connectivity index (χ1) is 15.4. The smallest absolute Gasteiger partial charge is 0.328 e. The van der Waals surface area contributed by atoms with Gasteiger partial charge in [-0.25, -0.2) is 13.6 Å². The molecule has 0 radical (unpaired) electrons. The maximum Gasteiger partial charge on any atom is 0.328 e. The molecule has 4 nitrogen and oxygen atoms in total. The number of fused-ring (bicyclic) bond motifs is 2. The number of carboxylic acid groups (broad SMARTS) is 1. The molecule has 3 aliphatic rings. The zero-order valence-corrected chi connectivity index (χ0v) is 17.9. The van der Waals surface area contributed by atoms with Gasteiger partial charge in [-0.1, -0.05) is 24.3 Å². The summed E-state index contributed by atoms with van der Waals surface area (Å²) in [4.78, 5) is 13.1. The Morgan fingerprint density at radius 2 is 1.97 bits per heavy atom. The molecule has 1 aliphatic carbocycles. The van der Waals surface area contributed by atoms with E-state index in [1.165, 1.54) is 34.9 Å². The molecule has 3 unspecified atom stereocenters. The van der Waals surface area contributed by atoms with E-state index in [2.05, 4.69) is 24.0 Å². The van der Waals surface area contributed by atoms with Crippen molar-refractivity contribution in [2.45, 2.75) is 44.3 Å². The molecule has 0 aromatic heterocycles. The van der Waals surface area contributed by atoms with E-state index in [1.54, 1.807) is 0 Å². The number of ether oxygens (including phenoxy) is 1. The summed E-state index contributed by atoms with van der Waals surface area (Å²) in [7, 11) is 0. The van der Waals surface area contributed by atoms with E-state index in [-0.39, 0.29) is 23.2 Å². The summed E-state index contributed by atoms with van der Waals surface area (Å²) in [6, 6.07) is 10.3. The van der Waals surface area contributed by atoms with Crippen LogP contribution in [-0.2, 0) is 16.0 Å². The quantitative estimate of drug-likeness (QED) is 0.685. The second-order valence-corrected chi connectivity index (χ2v) is 8.83. The first-order valence-electron chi connectivity index (χ1n) is 11.0. The highest BCUT2D eigenvalue weighted by molar-refractivity contribution is 5.85. The van der Waals surface area contributed by atoms with Crippen LogP contribution in [0.2, 0.25) is 0 Å². The molecule has 166 valence electrons. The molecule has 0 bridgehead atoms. The van der Waals surface area contributed by atoms with E-state index in [4.69, 9.17) is 9.84 Å². The molecule has 2 aromatic rings. The molecular weight excluding hydrogens is 412 g/mol. The Morgan fingerprint density at radius 3 is 2.66 bits per heavy atom. The average Bonchev–Trinajstić information content (AvgIpc) is 3.40. The molecule has 32 heavy (non-hydrogen) atoms. The molecule has 0 saturated carbocycles. The Labute approximate surface area is 185 Å². The number of carboxylic acids is 1. The Morgan fingerprint density at radius 1 is 1.22 bits per heavy atom. The molecule has 5 rings (SSSR count). The number of halogens is 2. The van der Waals surface area contributed by atoms with E-state index in [9.17, 15) is 4.79 Å². The van der Waals surface area contributed by atoms with Crippen molar-refractivity contribution in [3.63, 3.8) is 0 Å². The first kappa shape index (κ1) is 21.0. The third kappa shape index (κ3) is 3.57. The van der Waals surface area contributed by atoms with Gasteiger partial charge in [0.25, 0.3) is 0 Å². The summed E-state index contributed by atoms with van der Waals surface area (Å²) in [5, 5.41) is 8.85. The molecule has 6 heteroatoms. The van der Waals surface area contributed by atoms with Crippen LogP contribution in [0.15, 0.2) is 48.0 Å². The van der Waals surface area contributed by atoms with Gasteiger partial charge >= 0.3 is 5.97 Å². The highest BCUT2D eigenvalue weighted by Gasteiger charge is 2.44. The Kier molecular flexibility index (Phi) is 5.43. The topological polar surface area (TPSA) is 49.8 Å². The van der Waals surface area contributed by atoms with Gasteiger partial charge in [0, 0.05) is 30.3 Å². The van der Waals surface area contributed by atoms with Gasteiger partial charge in [0.15, 0.2) is 0 Å². The monoisotopic (exact) mass is 437 g/mol. The van der Waals surface area contributed by atoms with Crippen molar-refractivity contribution in [1.82, 2.24) is 4.90 Å². The van der Waals surface area contributed by atoms with Crippen molar-refractivity contribution in [1.29, 1.82) is 0 Å². The minimum atomic E-state index is -1.16. The van der Waals surface area contributed by atoms with Crippen LogP contribution in [0, 0.1) is 11.6 Å². The standard InChI is InChI=1S/C26H25F2NO3/c1-15-10-20-19-5-3-2-4-17(19)13-21(20)26(29(15)18-8-9-32-14-18)25-22(27)11-16(12-23(25)28)6-7-24(30)31/h2-7,11-12,15,18,26H,8-10,13-14H2,1H3,(H,30,31)/b7-6+. The van der Waals surface area contributed by atoms with Gasteiger partial charge in [0.2, 0.25) is 0 Å². The van der Waals surface area contributed by atoms with Crippen LogP contribution in [0.1, 0.15) is 48.1 Å². The van der Waals surface area contributed by atoms with Crippen LogP contribution in [0.5, 0.6) is 0 Å². The van der Waals surface area contributed by atoms with Gasteiger partial charge in [-0.3, -0.25) is 4.90 Å². The Bertz CT molecular complexity index is 1110. The second-order valence-electron chi connectivity index (χ2n) is 8.83. The van der Waals surface area contributed by atoms with E-state index in [0.717, 1.165) is 24.5 Å². The minimum Gasteiger partial charge on any atom is -0.478 e. The lowest BCUT2D eigenvalue weighted by atomic mass is 9.83. The van der Waals surface area contributed by atoms with E-state index in [0.29, 0.717) is 19.6 Å². The molecule has 0 amide bonds. The number of hydrogen-bond donors (Lipinski definition) is 1. The fourth-order valence-corrected chi connectivity index (χ4v) is 5.57. The van der Waals surface area contributed by atoms with Crippen LogP contribution >= 0.6 is 0 Å². The molecule has 1 N–H and O–H groups in total. The number of aliphatic carboxylic acids is 1. The van der Waals surface area contributed by atoms with Gasteiger partial charge in [-0.15, -0.1) is 0 Å². The maximum atomic E-state index is 15.5. The Hall–Kier alpha value is -2.83. The van der Waals surface area contributed by atoms with Gasteiger partial charge in [-0.2, -0.15) is 0 Å². The van der Waals surface area contributed by atoms with Gasteiger partial charge in [0.05, 0.1) is 12.6 Å². The highest BCUT2D eigenvalue weighted by atomic mass is 19.1. The predicted octanol–water partition coefficient (Wildman–Crippen LogP) is 5.00. The molecule has 1 saturated heterocycles. The molecule has 3 atom stereocenters. The fraction of sp³-hybridized carbons (Fsp3) is 0.346. The largest absolute Gasteiger partial charge is 0.478 e. The number of rotatable bonds is 4. The number of nitrogens with zero attached hydrogens (tertiary/aromatic N) is 1. The summed E-state index contributed by atoms with van der Waals surface area (Å²) in [6.07, 6.45) is 4.43. The first-order valence-corrected chi connectivity index (χ1v) is 11.0. The third-order valence-corrected chi connectivity index (χ3v) is 6.87. The van der Waals surface area contributed by atoms with Crippen molar-refractivity contribution < 1.29 is 23.4 Å². The zero-order chi connectivity index (χ0) is 22.4. The SMILES string of the molecule is CC1CC2=C(Cc3ccccc32)C(c2c(F)cc(/C=C/C(=O)O)cc2F)N1C1CCOC1. The highest BCUT2D eigenvalue weighted by Crippen LogP contribution is 2.50. The summed E-state index contributed by atoms with van der Waals surface area (Å²) < 4.78 is 36.6. The number of carbonyl (C=O) groups is 1. The normalized spacial score (nSPS) is 25.4. The lowest BCUT2D eigenvalue weighted by molar-refractivity contribution is -0.131. The van der Waals surface area contributed by atoms with Crippen LogP contribution in [0.3, 0.4) is 0 Å². The van der Waals surface area contributed by atoms with Gasteiger partial charge in [0.1, 0.15) is 11.6 Å². The second kappa shape index (κ2) is 8.26. The minimum absolute atomic E-state index is 0.0382. The van der Waals surface area contributed by atoms with Crippen LogP contribution in [0.4, 0.5) is 8.78 Å². The van der Waals surface area contributed by atoms with Gasteiger partial charge < -0.3 is 9.84 Å². The molecular formula is C26H25F2NO3. The van der Waals surface area contributed by atoms with Crippen molar-refractivity contribution >= 4 is 17.6 Å². The van der Waals surface area contributed by atoms with E-state index in [1.807, 2.05) is 12.1 Å². The summed E-state index contributed by atoms with van der Waals surface area (Å²) >= 11 is 0. The lowest BCUT2D eigenvalue weighted by Crippen LogP contribution is -2.48. The predicted molar refractivity (Wildman–Crippen MR) is 118 cm³/mol. The maximum absolute atomic E-state index is 15.5. The number of hydrogen-bond acceptors (Lipinski definition) is 3. The zero-order valence-electron chi connectivity index (χ0n) is 17.9. The van der Waals surface area contributed by atoms with Crippen molar-refractivity contribution in [2.24, 2.45) is 0 Å². The van der Waals surface area contributed by atoms with E-state index < -0.39 is 23.6 Å². The lowest BCUT2D eigenvalue weighted by Gasteiger charge is -2.45. The molecule has 1 fully saturated rings. The van der Waals surface area contributed by atoms with Crippen LogP contribution in [-0.4, -0.2) is 41.3 Å². The fourth-order valence-electron chi connectivity index (χ4n) is 5.57. The molecule has 2 aromatic carbocycles. The average molecular weight is 437 g/mol. The summed E-state index contributed by atoms with van der Waals surface area (Å²) in [5.74, 6) is -2.47. The van der Waals surface area contributed by atoms with Crippen molar-refractivity contribution in [2.75, 3.05) is 13.2 Å². The van der Waals surface area contributed by atoms with Crippen molar-refractivity contribution in [3.05, 3.63) is 81.9 Å². The molecule has 2 aliphatic heterocycles. The summed E-state index contributed by atoms with van der Waals surface area (Å²) in [6.45, 7) is 3.32. The van der Waals surface area contributed by atoms with Gasteiger partial charge in [-0.05, 0) is 72.2 Å². The van der Waals surface area contributed by atoms with Crippen molar-refractivity contribution in [3.8, 4) is 0 Å². The van der Waals surface area contributed by atoms with E-state index >= 15 is 8.78 Å². The van der Waals surface area contributed by atoms with Crippen LogP contribution in [0.25, 0.3) is 11.6 Å². The molecule has 2 heterocycles. The van der Waals surface area contributed by atoms with Crippen LogP contribution < -0.4 is 0 Å².